The van der Waals surface area contributed by atoms with E-state index in [1.807, 2.05) is 48.8 Å². The Balaban J connectivity index is 1.50. The van der Waals surface area contributed by atoms with Gasteiger partial charge in [-0.1, -0.05) is 12.1 Å². The molecule has 0 aliphatic heterocycles. The molecule has 118 valence electrons. The van der Waals surface area contributed by atoms with E-state index in [2.05, 4.69) is 36.6 Å². The van der Waals surface area contributed by atoms with Crippen molar-refractivity contribution >= 4 is 0 Å². The Kier molecular flexibility index (Phi) is 4.67. The number of hydrogen-bond donors (Lipinski definition) is 0. The Morgan fingerprint density at radius 2 is 1.52 bits per heavy atom. The molecule has 2 aromatic carbocycles. The summed E-state index contributed by atoms with van der Waals surface area (Å²) in [6, 6.07) is 18.3. The molecule has 3 aromatic rings. The van der Waals surface area contributed by atoms with Crippen molar-refractivity contribution in [1.29, 1.82) is 0 Å². The van der Waals surface area contributed by atoms with Gasteiger partial charge in [-0.3, -0.25) is 0 Å². The highest BCUT2D eigenvalue weighted by Crippen LogP contribution is 2.19. The minimum absolute atomic E-state index is 0.524. The molecule has 23 heavy (non-hydrogen) atoms. The van der Waals surface area contributed by atoms with E-state index in [9.17, 15) is 0 Å². The van der Waals surface area contributed by atoms with Gasteiger partial charge in [-0.05, 0) is 67.4 Å². The van der Waals surface area contributed by atoms with Gasteiger partial charge in [-0.25, -0.2) is 0 Å². The fourth-order valence-corrected chi connectivity index (χ4v) is 2.40. The van der Waals surface area contributed by atoms with Gasteiger partial charge in [0.1, 0.15) is 24.7 Å². The quantitative estimate of drug-likeness (QED) is 0.624. The Morgan fingerprint density at radius 3 is 2.26 bits per heavy atom. The summed E-state index contributed by atoms with van der Waals surface area (Å²) in [5.74, 6) is 1.78. The minimum atomic E-state index is 0.524. The molecule has 1 heterocycles. The molecule has 0 radical (unpaired) electrons. The lowest BCUT2D eigenvalue weighted by atomic mass is 10.1. The van der Waals surface area contributed by atoms with Gasteiger partial charge in [0.05, 0.1) is 0 Å². The summed E-state index contributed by atoms with van der Waals surface area (Å²) in [5.41, 5.74) is 3.47. The van der Waals surface area contributed by atoms with E-state index in [0.29, 0.717) is 13.2 Å². The van der Waals surface area contributed by atoms with Crippen molar-refractivity contribution in [1.82, 2.24) is 4.57 Å². The third kappa shape index (κ3) is 3.95. The van der Waals surface area contributed by atoms with E-state index in [1.54, 1.807) is 0 Å². The van der Waals surface area contributed by atoms with Crippen LogP contribution in [0.15, 0.2) is 67.0 Å². The molecule has 0 aliphatic carbocycles. The topological polar surface area (TPSA) is 23.4 Å². The Morgan fingerprint density at radius 1 is 0.826 bits per heavy atom. The number of aryl methyl sites for hydroxylation is 2. The molecule has 0 aliphatic rings. The van der Waals surface area contributed by atoms with Crippen LogP contribution in [0.2, 0.25) is 0 Å². The van der Waals surface area contributed by atoms with Crippen molar-refractivity contribution in [2.45, 2.75) is 13.8 Å². The van der Waals surface area contributed by atoms with Crippen LogP contribution in [0, 0.1) is 13.8 Å². The van der Waals surface area contributed by atoms with Crippen molar-refractivity contribution < 1.29 is 9.47 Å². The standard InChI is InChI=1S/C20H21NO2/c1-16-5-6-17(2)20(15-16)23-14-13-22-19-9-7-18(8-10-19)21-11-3-4-12-21/h3-12,15H,13-14H2,1-2H3. The van der Waals surface area contributed by atoms with Gasteiger partial charge in [-0.15, -0.1) is 0 Å². The van der Waals surface area contributed by atoms with Crippen LogP contribution >= 0.6 is 0 Å². The zero-order valence-corrected chi connectivity index (χ0v) is 13.5. The SMILES string of the molecule is Cc1ccc(C)c(OCCOc2ccc(-n3cccc3)cc2)c1. The second-order valence-electron chi connectivity index (χ2n) is 5.55. The number of hydrogen-bond acceptors (Lipinski definition) is 2. The third-order valence-corrected chi connectivity index (χ3v) is 3.69. The molecule has 0 saturated carbocycles. The summed E-state index contributed by atoms with van der Waals surface area (Å²) in [7, 11) is 0. The minimum Gasteiger partial charge on any atom is -0.490 e. The van der Waals surface area contributed by atoms with E-state index in [-0.39, 0.29) is 0 Å². The number of aromatic nitrogens is 1. The lowest BCUT2D eigenvalue weighted by molar-refractivity contribution is 0.216. The van der Waals surface area contributed by atoms with E-state index in [1.165, 1.54) is 5.56 Å². The normalized spacial score (nSPS) is 10.5. The van der Waals surface area contributed by atoms with Gasteiger partial charge in [0.25, 0.3) is 0 Å². The highest BCUT2D eigenvalue weighted by molar-refractivity contribution is 5.38. The molecule has 0 amide bonds. The number of ether oxygens (including phenoxy) is 2. The molecule has 0 bridgehead atoms. The van der Waals surface area contributed by atoms with Gasteiger partial charge >= 0.3 is 0 Å². The molecule has 3 nitrogen and oxygen atoms in total. The van der Waals surface area contributed by atoms with Crippen molar-refractivity contribution in [3.8, 4) is 17.2 Å². The van der Waals surface area contributed by atoms with E-state index >= 15 is 0 Å². The van der Waals surface area contributed by atoms with Gasteiger partial charge in [0.15, 0.2) is 0 Å². The second kappa shape index (κ2) is 7.05. The summed E-state index contributed by atoms with van der Waals surface area (Å²) < 4.78 is 13.6. The molecular formula is C20H21NO2. The van der Waals surface area contributed by atoms with Crippen LogP contribution in [0.4, 0.5) is 0 Å². The first-order valence-electron chi connectivity index (χ1n) is 7.79. The van der Waals surface area contributed by atoms with E-state index in [0.717, 1.165) is 22.7 Å². The van der Waals surface area contributed by atoms with Crippen LogP contribution in [0.3, 0.4) is 0 Å². The highest BCUT2D eigenvalue weighted by atomic mass is 16.5. The Bertz CT molecular complexity index is 746. The monoisotopic (exact) mass is 307 g/mol. The summed E-state index contributed by atoms with van der Waals surface area (Å²) in [5, 5.41) is 0. The van der Waals surface area contributed by atoms with E-state index in [4.69, 9.17) is 9.47 Å². The first kappa shape index (κ1) is 15.2. The van der Waals surface area contributed by atoms with Crippen LogP contribution < -0.4 is 9.47 Å². The summed E-state index contributed by atoms with van der Waals surface area (Å²) in [4.78, 5) is 0. The highest BCUT2D eigenvalue weighted by Gasteiger charge is 2.01. The average molecular weight is 307 g/mol. The zero-order valence-electron chi connectivity index (χ0n) is 13.5. The fraction of sp³-hybridized carbons (Fsp3) is 0.200. The lowest BCUT2D eigenvalue weighted by Gasteiger charge is -2.11. The Hall–Kier alpha value is -2.68. The van der Waals surface area contributed by atoms with Gasteiger partial charge < -0.3 is 14.0 Å². The zero-order chi connectivity index (χ0) is 16.1. The van der Waals surface area contributed by atoms with Crippen LogP contribution in [-0.4, -0.2) is 17.8 Å². The predicted octanol–water partition coefficient (Wildman–Crippen LogP) is 4.55. The van der Waals surface area contributed by atoms with Crippen molar-refractivity contribution in [2.24, 2.45) is 0 Å². The third-order valence-electron chi connectivity index (χ3n) is 3.69. The molecule has 1 aromatic heterocycles. The molecule has 0 atom stereocenters. The molecule has 0 unspecified atom stereocenters. The van der Waals surface area contributed by atoms with Crippen LogP contribution in [0.1, 0.15) is 11.1 Å². The summed E-state index contributed by atoms with van der Waals surface area (Å²) in [6.45, 7) is 5.17. The van der Waals surface area contributed by atoms with E-state index < -0.39 is 0 Å². The largest absolute Gasteiger partial charge is 0.490 e. The first-order valence-corrected chi connectivity index (χ1v) is 7.79. The molecule has 3 rings (SSSR count). The summed E-state index contributed by atoms with van der Waals surface area (Å²) >= 11 is 0. The lowest BCUT2D eigenvalue weighted by Crippen LogP contribution is -2.09. The molecular weight excluding hydrogens is 286 g/mol. The van der Waals surface area contributed by atoms with Gasteiger partial charge in [0.2, 0.25) is 0 Å². The maximum Gasteiger partial charge on any atom is 0.122 e. The number of nitrogens with zero attached hydrogens (tertiary/aromatic N) is 1. The molecule has 0 N–H and O–H groups in total. The fourth-order valence-electron chi connectivity index (χ4n) is 2.40. The summed E-state index contributed by atoms with van der Waals surface area (Å²) in [6.07, 6.45) is 4.04. The number of rotatable bonds is 6. The average Bonchev–Trinajstić information content (AvgIpc) is 3.10. The van der Waals surface area contributed by atoms with Gasteiger partial charge in [0, 0.05) is 18.1 Å². The first-order chi connectivity index (χ1) is 11.2. The smallest absolute Gasteiger partial charge is 0.122 e. The van der Waals surface area contributed by atoms with Crippen molar-refractivity contribution in [2.75, 3.05) is 13.2 Å². The maximum atomic E-state index is 5.79. The predicted molar refractivity (Wildman–Crippen MR) is 92.7 cm³/mol. The van der Waals surface area contributed by atoms with Crippen LogP contribution in [0.5, 0.6) is 11.5 Å². The second-order valence-corrected chi connectivity index (χ2v) is 5.55. The molecule has 3 heteroatoms. The van der Waals surface area contributed by atoms with Crippen LogP contribution in [0.25, 0.3) is 5.69 Å². The molecule has 0 spiro atoms. The molecule has 0 saturated heterocycles. The molecule has 0 fully saturated rings. The van der Waals surface area contributed by atoms with Gasteiger partial charge in [-0.2, -0.15) is 0 Å². The van der Waals surface area contributed by atoms with Crippen molar-refractivity contribution in [3.05, 3.63) is 78.1 Å². The number of benzene rings is 2. The Labute approximate surface area is 137 Å². The van der Waals surface area contributed by atoms with Crippen molar-refractivity contribution in [3.63, 3.8) is 0 Å². The maximum absolute atomic E-state index is 5.79. The van der Waals surface area contributed by atoms with Crippen LogP contribution in [-0.2, 0) is 0 Å².